The van der Waals surface area contributed by atoms with Crippen LogP contribution in [-0.4, -0.2) is 42.7 Å². The van der Waals surface area contributed by atoms with Crippen molar-refractivity contribution in [1.82, 2.24) is 4.57 Å². The molecule has 5 rings (SSSR count). The van der Waals surface area contributed by atoms with Gasteiger partial charge in [-0.2, -0.15) is 0 Å². The van der Waals surface area contributed by atoms with Gasteiger partial charge in [0.1, 0.15) is 5.75 Å². The molecule has 9 nitrogen and oxygen atoms in total. The molecule has 1 N–H and O–H groups in total. The quantitative estimate of drug-likeness (QED) is 0.190. The Balaban J connectivity index is 1.87. The molecule has 9 heteroatoms. The molecule has 1 atom stereocenters. The van der Waals surface area contributed by atoms with E-state index in [-0.39, 0.29) is 5.69 Å². The number of esters is 1. The number of aryl methyl sites for hydroxylation is 1. The van der Waals surface area contributed by atoms with Crippen molar-refractivity contribution in [2.45, 2.75) is 19.4 Å². The van der Waals surface area contributed by atoms with Gasteiger partial charge < -0.3 is 24.3 Å². The molecule has 1 unspecified atom stereocenters. The molecule has 2 heterocycles. The number of methoxy groups -OCH3 is 1. The molecule has 1 aliphatic rings. The number of nitrogens with one attached hydrogen (secondary N) is 1. The van der Waals surface area contributed by atoms with Gasteiger partial charge in [-0.25, -0.2) is 4.79 Å². The van der Waals surface area contributed by atoms with E-state index in [9.17, 15) is 14.9 Å². The van der Waals surface area contributed by atoms with Gasteiger partial charge in [-0.3, -0.25) is 10.1 Å². The Morgan fingerprint density at radius 1 is 1.05 bits per heavy atom. The minimum absolute atomic E-state index is 0.0123. The van der Waals surface area contributed by atoms with E-state index in [0.29, 0.717) is 33.5 Å². The van der Waals surface area contributed by atoms with Crippen LogP contribution in [0.5, 0.6) is 5.75 Å². The van der Waals surface area contributed by atoms with Crippen molar-refractivity contribution in [3.05, 3.63) is 93.2 Å². The van der Waals surface area contributed by atoms with E-state index < -0.39 is 16.5 Å². The summed E-state index contributed by atoms with van der Waals surface area (Å²) in [6, 6.07) is 16.2. The monoisotopic (exact) mass is 514 g/mol. The van der Waals surface area contributed by atoms with Gasteiger partial charge in [0.25, 0.3) is 5.69 Å². The Bertz CT molecular complexity index is 1570. The van der Waals surface area contributed by atoms with Gasteiger partial charge in [0, 0.05) is 85.0 Å². The maximum Gasteiger partial charge on any atom is 0.340 e. The summed E-state index contributed by atoms with van der Waals surface area (Å²) in [5, 5.41) is 15.4. The van der Waals surface area contributed by atoms with E-state index >= 15 is 0 Å². The molecule has 0 fully saturated rings. The smallest absolute Gasteiger partial charge is 0.340 e. The van der Waals surface area contributed by atoms with Crippen LogP contribution < -0.4 is 15.0 Å². The molecule has 0 bridgehead atoms. The van der Waals surface area contributed by atoms with Crippen molar-refractivity contribution >= 4 is 33.9 Å². The van der Waals surface area contributed by atoms with E-state index in [4.69, 9.17) is 9.47 Å². The van der Waals surface area contributed by atoms with E-state index in [1.807, 2.05) is 55.2 Å². The zero-order valence-electron chi connectivity index (χ0n) is 22.1. The van der Waals surface area contributed by atoms with Crippen molar-refractivity contribution in [2.75, 3.05) is 37.5 Å². The Labute approximate surface area is 220 Å². The predicted molar refractivity (Wildman–Crippen MR) is 147 cm³/mol. The van der Waals surface area contributed by atoms with Crippen LogP contribution in [0.1, 0.15) is 40.9 Å². The summed E-state index contributed by atoms with van der Waals surface area (Å²) in [5.74, 6) is 0.125. The molecule has 0 saturated heterocycles. The summed E-state index contributed by atoms with van der Waals surface area (Å²) < 4.78 is 14.1. The fraction of sp³-hybridized carbons (Fsp3) is 0.276. The number of nitro groups is 1. The maximum absolute atomic E-state index is 13.4. The van der Waals surface area contributed by atoms with Crippen molar-refractivity contribution in [3.8, 4) is 5.75 Å². The minimum Gasteiger partial charge on any atom is -0.496 e. The van der Waals surface area contributed by atoms with E-state index in [2.05, 4.69) is 24.1 Å². The number of non-ortho nitro benzene ring substituents is 1. The third-order valence-electron chi connectivity index (χ3n) is 7.41. The van der Waals surface area contributed by atoms with Crippen LogP contribution in [0.3, 0.4) is 0 Å². The van der Waals surface area contributed by atoms with Gasteiger partial charge in [0.15, 0.2) is 5.60 Å². The fourth-order valence-corrected chi connectivity index (χ4v) is 5.49. The average molecular weight is 515 g/mol. The van der Waals surface area contributed by atoms with Gasteiger partial charge in [0.05, 0.1) is 23.1 Å². The number of carbonyl (C=O) groups is 1. The largest absolute Gasteiger partial charge is 0.496 e. The molecule has 1 aromatic heterocycles. The number of nitrogens with zero attached hydrogens (tertiary/aromatic N) is 3. The van der Waals surface area contributed by atoms with Crippen LogP contribution >= 0.6 is 0 Å². The molecule has 0 aliphatic carbocycles. The third-order valence-corrected chi connectivity index (χ3v) is 7.41. The Kier molecular flexibility index (Phi) is 6.22. The lowest BCUT2D eigenvalue weighted by Crippen LogP contribution is -2.30. The second-order valence-electron chi connectivity index (χ2n) is 9.25. The summed E-state index contributed by atoms with van der Waals surface area (Å²) in [6.45, 7) is 5.84. The number of benzene rings is 3. The zero-order chi connectivity index (χ0) is 27.2. The van der Waals surface area contributed by atoms with Gasteiger partial charge >= 0.3 is 5.97 Å². The number of aromatic nitrogens is 1. The maximum atomic E-state index is 13.4. The molecule has 4 aromatic rings. The van der Waals surface area contributed by atoms with Crippen LogP contribution in [-0.2, 0) is 17.4 Å². The topological polar surface area (TPSA) is 98.9 Å². The number of cyclic esters (lactones) is 1. The summed E-state index contributed by atoms with van der Waals surface area (Å²) in [5.41, 5.74) is 3.60. The highest BCUT2D eigenvalue weighted by Crippen LogP contribution is 2.53. The van der Waals surface area contributed by atoms with Crippen LogP contribution in [0.15, 0.2) is 60.8 Å². The van der Waals surface area contributed by atoms with Crippen molar-refractivity contribution in [2.24, 2.45) is 7.05 Å². The van der Waals surface area contributed by atoms with Gasteiger partial charge in [0.2, 0.25) is 0 Å². The van der Waals surface area contributed by atoms with Crippen molar-refractivity contribution in [3.63, 3.8) is 0 Å². The first-order valence-electron chi connectivity index (χ1n) is 12.5. The first-order chi connectivity index (χ1) is 18.3. The minimum atomic E-state index is -1.35. The number of rotatable bonds is 8. The van der Waals surface area contributed by atoms with E-state index in [1.54, 1.807) is 19.2 Å². The Morgan fingerprint density at radius 2 is 1.82 bits per heavy atom. The highest BCUT2D eigenvalue weighted by molar-refractivity contribution is 5.99. The van der Waals surface area contributed by atoms with Crippen LogP contribution in [0, 0.1) is 10.1 Å². The van der Waals surface area contributed by atoms with Crippen molar-refractivity contribution < 1.29 is 19.2 Å². The molecule has 0 saturated carbocycles. The highest BCUT2D eigenvalue weighted by atomic mass is 16.6. The molecule has 196 valence electrons. The first-order valence-corrected chi connectivity index (χ1v) is 12.5. The summed E-state index contributed by atoms with van der Waals surface area (Å²) in [7, 11) is 5.25. The molecule has 0 spiro atoms. The lowest BCUT2D eigenvalue weighted by atomic mass is 9.79. The Morgan fingerprint density at radius 3 is 2.47 bits per heavy atom. The van der Waals surface area contributed by atoms with Crippen molar-refractivity contribution in [1.29, 1.82) is 0 Å². The standard InChI is InChI=1S/C29H30N4O5/c1-6-32(7-2)19-10-13-23(27(16-19)37-5)29(24-14-18(30-3)8-11-22(24)28(34)38-29)25-17-31(4)26-15-20(33(35)36)9-12-21(25)26/h8-17,30H,6-7H2,1-5H3. The van der Waals surface area contributed by atoms with Gasteiger partial charge in [-0.05, 0) is 50.2 Å². The number of fused-ring (bicyclic) bond motifs is 2. The number of hydrogen-bond acceptors (Lipinski definition) is 7. The first kappa shape index (κ1) is 25.1. The lowest BCUT2D eigenvalue weighted by molar-refractivity contribution is -0.384. The summed E-state index contributed by atoms with van der Waals surface area (Å²) in [6.07, 6.45) is 1.88. The Hall–Kier alpha value is -4.53. The third kappa shape index (κ3) is 3.65. The van der Waals surface area contributed by atoms with E-state index in [0.717, 1.165) is 29.9 Å². The van der Waals surface area contributed by atoms with Gasteiger partial charge in [-0.1, -0.05) is 0 Å². The van der Waals surface area contributed by atoms with Gasteiger partial charge in [-0.15, -0.1) is 0 Å². The lowest BCUT2D eigenvalue weighted by Gasteiger charge is -2.32. The predicted octanol–water partition coefficient (Wildman–Crippen LogP) is 5.45. The number of carbonyl (C=O) groups excluding carboxylic acids is 1. The molecular weight excluding hydrogens is 484 g/mol. The molecular formula is C29H30N4O5. The second-order valence-corrected chi connectivity index (χ2v) is 9.25. The second kappa shape index (κ2) is 9.41. The number of anilines is 2. The number of hydrogen-bond donors (Lipinski definition) is 1. The van der Waals surface area contributed by atoms with E-state index in [1.165, 1.54) is 12.1 Å². The summed E-state index contributed by atoms with van der Waals surface area (Å²) >= 11 is 0. The number of ether oxygens (including phenoxy) is 2. The molecule has 1 aliphatic heterocycles. The average Bonchev–Trinajstić information content (AvgIpc) is 3.42. The SMILES string of the molecule is CCN(CC)c1ccc(C2(c3cn(C)c4cc([N+](=O)[O-])ccc34)OC(=O)c3ccc(NC)cc32)c(OC)c1. The zero-order valence-corrected chi connectivity index (χ0v) is 22.1. The normalized spacial score (nSPS) is 16.3. The fourth-order valence-electron chi connectivity index (χ4n) is 5.49. The molecule has 0 radical (unpaired) electrons. The molecule has 38 heavy (non-hydrogen) atoms. The van der Waals surface area contributed by atoms with Crippen LogP contribution in [0.25, 0.3) is 10.9 Å². The highest BCUT2D eigenvalue weighted by Gasteiger charge is 2.51. The number of nitro benzene ring substituents is 1. The molecule has 0 amide bonds. The van der Waals surface area contributed by atoms with Crippen LogP contribution in [0.4, 0.5) is 17.1 Å². The van der Waals surface area contributed by atoms with Crippen LogP contribution in [0.2, 0.25) is 0 Å². The summed E-state index contributed by atoms with van der Waals surface area (Å²) in [4.78, 5) is 26.7. The molecule has 3 aromatic carbocycles.